The molecular weight excluding hydrogens is 234 g/mol. The maximum absolute atomic E-state index is 8.98. The van der Waals surface area contributed by atoms with Gasteiger partial charge in [-0.05, 0) is 12.1 Å². The van der Waals surface area contributed by atoms with Crippen LogP contribution in [0.1, 0.15) is 10.6 Å². The van der Waals surface area contributed by atoms with Gasteiger partial charge in [0.25, 0.3) is 0 Å². The summed E-state index contributed by atoms with van der Waals surface area (Å²) in [4.78, 5) is 11.5. The second-order valence-corrected chi connectivity index (χ2v) is 4.85. The molecular formula is C12H15N3OS. The minimum absolute atomic E-state index is 0.0613. The number of aliphatic hydroxyl groups excluding tert-OH is 1. The fourth-order valence-electron chi connectivity index (χ4n) is 1.47. The zero-order chi connectivity index (χ0) is 12.1. The average Bonchev–Trinajstić information content (AvgIpc) is 2.86. The molecule has 4 nitrogen and oxygen atoms in total. The first-order valence-corrected chi connectivity index (χ1v) is 6.28. The zero-order valence-electron chi connectivity index (χ0n) is 9.71. The molecule has 0 fully saturated rings. The summed E-state index contributed by atoms with van der Waals surface area (Å²) >= 11 is 1.52. The van der Waals surface area contributed by atoms with E-state index in [-0.39, 0.29) is 6.61 Å². The van der Waals surface area contributed by atoms with Crippen molar-refractivity contribution >= 4 is 16.5 Å². The Labute approximate surface area is 105 Å². The van der Waals surface area contributed by atoms with E-state index in [1.807, 2.05) is 31.4 Å². The first kappa shape index (κ1) is 12.0. The molecule has 0 atom stereocenters. The van der Waals surface area contributed by atoms with E-state index in [1.54, 1.807) is 6.20 Å². The Kier molecular flexibility index (Phi) is 4.06. The lowest BCUT2D eigenvalue weighted by Gasteiger charge is -2.14. The van der Waals surface area contributed by atoms with Gasteiger partial charge in [0.2, 0.25) is 0 Å². The second kappa shape index (κ2) is 5.75. The highest BCUT2D eigenvalue weighted by Crippen LogP contribution is 2.21. The molecule has 0 amide bonds. The van der Waals surface area contributed by atoms with Gasteiger partial charge in [-0.15, -0.1) is 0 Å². The predicted molar refractivity (Wildman–Crippen MR) is 69.2 cm³/mol. The first-order chi connectivity index (χ1) is 8.29. The van der Waals surface area contributed by atoms with Crippen LogP contribution in [-0.2, 0) is 13.0 Å². The lowest BCUT2D eigenvalue weighted by Crippen LogP contribution is -2.20. The van der Waals surface area contributed by atoms with Crippen molar-refractivity contribution in [1.29, 1.82) is 0 Å². The van der Waals surface area contributed by atoms with E-state index in [4.69, 9.17) is 5.11 Å². The van der Waals surface area contributed by atoms with Gasteiger partial charge in [-0.25, -0.2) is 4.98 Å². The van der Waals surface area contributed by atoms with E-state index in [0.29, 0.717) is 0 Å². The number of anilines is 1. The van der Waals surface area contributed by atoms with E-state index in [2.05, 4.69) is 14.9 Å². The quantitative estimate of drug-likeness (QED) is 0.876. The molecule has 2 aromatic heterocycles. The van der Waals surface area contributed by atoms with Crippen molar-refractivity contribution in [2.75, 3.05) is 18.5 Å². The summed E-state index contributed by atoms with van der Waals surface area (Å²) in [6.45, 7) is 0.932. The molecule has 17 heavy (non-hydrogen) atoms. The summed E-state index contributed by atoms with van der Waals surface area (Å²) in [5.41, 5.74) is 1.08. The minimum atomic E-state index is 0.0613. The number of hydrogen-bond acceptors (Lipinski definition) is 5. The van der Waals surface area contributed by atoms with Gasteiger partial charge in [0, 0.05) is 38.1 Å². The van der Waals surface area contributed by atoms with Gasteiger partial charge >= 0.3 is 0 Å². The molecule has 5 heteroatoms. The predicted octanol–water partition coefficient (Wildman–Crippen LogP) is 1.71. The number of nitrogens with zero attached hydrogens (tertiary/aromatic N) is 3. The Morgan fingerprint density at radius 1 is 1.35 bits per heavy atom. The Balaban J connectivity index is 1.91. The Morgan fingerprint density at radius 2 is 2.24 bits per heavy atom. The number of hydrogen-bond donors (Lipinski definition) is 1. The van der Waals surface area contributed by atoms with Crippen LogP contribution in [0, 0.1) is 0 Å². The summed E-state index contributed by atoms with van der Waals surface area (Å²) in [6, 6.07) is 5.94. The van der Waals surface area contributed by atoms with Gasteiger partial charge in [-0.3, -0.25) is 4.98 Å². The maximum Gasteiger partial charge on any atom is 0.185 e. The smallest absolute Gasteiger partial charge is 0.185 e. The van der Waals surface area contributed by atoms with E-state index in [1.165, 1.54) is 11.3 Å². The van der Waals surface area contributed by atoms with Crippen molar-refractivity contribution in [1.82, 2.24) is 9.97 Å². The molecule has 0 aromatic carbocycles. The van der Waals surface area contributed by atoms with Crippen LogP contribution in [0.3, 0.4) is 0 Å². The van der Waals surface area contributed by atoms with Gasteiger partial charge in [-0.2, -0.15) is 0 Å². The number of aliphatic hydroxyl groups is 1. The average molecular weight is 249 g/mol. The summed E-state index contributed by atoms with van der Waals surface area (Å²) in [5.74, 6) is 0. The van der Waals surface area contributed by atoms with E-state index in [0.717, 1.165) is 28.7 Å². The van der Waals surface area contributed by atoms with Gasteiger partial charge in [-0.1, -0.05) is 17.4 Å². The molecule has 2 heterocycles. The van der Waals surface area contributed by atoms with Crippen molar-refractivity contribution in [2.24, 2.45) is 0 Å². The Bertz CT molecular complexity index is 458. The highest BCUT2D eigenvalue weighted by atomic mass is 32.1. The summed E-state index contributed by atoms with van der Waals surface area (Å²) < 4.78 is 0. The second-order valence-electron chi connectivity index (χ2n) is 3.76. The van der Waals surface area contributed by atoms with Crippen LogP contribution in [0.2, 0.25) is 0 Å². The van der Waals surface area contributed by atoms with E-state index >= 15 is 0 Å². The molecule has 1 N–H and O–H groups in total. The molecule has 0 spiro atoms. The van der Waals surface area contributed by atoms with Crippen molar-refractivity contribution in [2.45, 2.75) is 13.0 Å². The molecule has 0 bridgehead atoms. The SMILES string of the molecule is CN(CCc1ccccn1)c1ncc(CO)s1. The van der Waals surface area contributed by atoms with Crippen molar-refractivity contribution in [3.05, 3.63) is 41.2 Å². The van der Waals surface area contributed by atoms with Gasteiger partial charge in [0.1, 0.15) is 0 Å². The zero-order valence-corrected chi connectivity index (χ0v) is 10.5. The minimum Gasteiger partial charge on any atom is -0.391 e. The molecule has 90 valence electrons. The standard InChI is InChI=1S/C12H15N3OS/c1-15(12-14-8-11(9-16)17-12)7-5-10-4-2-3-6-13-10/h2-4,6,8,16H,5,7,9H2,1H3. The monoisotopic (exact) mass is 249 g/mol. The summed E-state index contributed by atoms with van der Waals surface area (Å²) in [5, 5.41) is 9.92. The number of likely N-dealkylation sites (N-methyl/N-ethyl adjacent to an activating group) is 1. The Hall–Kier alpha value is -1.46. The fraction of sp³-hybridized carbons (Fsp3) is 0.333. The van der Waals surface area contributed by atoms with E-state index in [9.17, 15) is 0 Å². The summed E-state index contributed by atoms with van der Waals surface area (Å²) in [6.07, 6.45) is 4.42. The first-order valence-electron chi connectivity index (χ1n) is 5.46. The number of aromatic nitrogens is 2. The third-order valence-electron chi connectivity index (χ3n) is 2.45. The van der Waals surface area contributed by atoms with Crippen LogP contribution < -0.4 is 4.90 Å². The van der Waals surface area contributed by atoms with Crippen molar-refractivity contribution in [3.63, 3.8) is 0 Å². The van der Waals surface area contributed by atoms with Gasteiger partial charge in [0.05, 0.1) is 11.5 Å². The molecule has 0 radical (unpaired) electrons. The number of thiazole rings is 1. The highest BCUT2D eigenvalue weighted by Gasteiger charge is 2.06. The number of pyridine rings is 1. The van der Waals surface area contributed by atoms with Gasteiger partial charge < -0.3 is 10.0 Å². The molecule has 2 rings (SSSR count). The van der Waals surface area contributed by atoms with Crippen LogP contribution >= 0.6 is 11.3 Å². The molecule has 0 saturated heterocycles. The molecule has 0 saturated carbocycles. The van der Waals surface area contributed by atoms with Crippen LogP contribution in [0.15, 0.2) is 30.6 Å². The highest BCUT2D eigenvalue weighted by molar-refractivity contribution is 7.15. The topological polar surface area (TPSA) is 49.2 Å². The van der Waals surface area contributed by atoms with Crippen molar-refractivity contribution in [3.8, 4) is 0 Å². The van der Waals surface area contributed by atoms with Crippen molar-refractivity contribution < 1.29 is 5.11 Å². The number of rotatable bonds is 5. The molecule has 2 aromatic rings. The van der Waals surface area contributed by atoms with Gasteiger partial charge in [0.15, 0.2) is 5.13 Å². The lowest BCUT2D eigenvalue weighted by atomic mass is 10.2. The van der Waals surface area contributed by atoms with Crippen LogP contribution in [0.4, 0.5) is 5.13 Å². The third-order valence-corrected chi connectivity index (χ3v) is 3.55. The van der Waals surface area contributed by atoms with E-state index < -0.39 is 0 Å². The molecule has 0 aliphatic heterocycles. The molecule has 0 aliphatic rings. The largest absolute Gasteiger partial charge is 0.391 e. The van der Waals surface area contributed by atoms with Crippen LogP contribution in [0.5, 0.6) is 0 Å². The van der Waals surface area contributed by atoms with Crippen LogP contribution in [0.25, 0.3) is 0 Å². The fourth-order valence-corrected chi connectivity index (χ4v) is 2.23. The lowest BCUT2D eigenvalue weighted by molar-refractivity contribution is 0.285. The normalized spacial score (nSPS) is 10.5. The summed E-state index contributed by atoms with van der Waals surface area (Å²) in [7, 11) is 2.00. The Morgan fingerprint density at radius 3 is 2.88 bits per heavy atom. The molecule has 0 unspecified atom stereocenters. The maximum atomic E-state index is 8.98. The van der Waals surface area contributed by atoms with Crippen LogP contribution in [-0.4, -0.2) is 28.7 Å². The third kappa shape index (κ3) is 3.25. The molecule has 0 aliphatic carbocycles.